The molecule has 0 aliphatic carbocycles. The van der Waals surface area contributed by atoms with Gasteiger partial charge in [-0.05, 0) is 25.0 Å². The van der Waals surface area contributed by atoms with Crippen LogP contribution in [0.4, 0.5) is 5.69 Å². The zero-order chi connectivity index (χ0) is 20.3. The Morgan fingerprint density at radius 3 is 2.36 bits per heavy atom. The third-order valence-corrected chi connectivity index (χ3v) is 4.33. The van der Waals surface area contributed by atoms with Crippen molar-refractivity contribution in [3.8, 4) is 16.9 Å². The molecule has 0 unspecified atom stereocenters. The van der Waals surface area contributed by atoms with Gasteiger partial charge in [0.25, 0.3) is 11.2 Å². The number of benzene rings is 2. The fourth-order valence-corrected chi connectivity index (χ4v) is 2.89. The molecule has 28 heavy (non-hydrogen) atoms. The first-order chi connectivity index (χ1) is 13.4. The Balaban J connectivity index is 2.16. The molecule has 3 aromatic rings. The number of aromatic nitrogens is 2. The number of nitro groups is 1. The van der Waals surface area contributed by atoms with Gasteiger partial charge in [0.1, 0.15) is 0 Å². The summed E-state index contributed by atoms with van der Waals surface area (Å²) < 4.78 is 1.40. The lowest BCUT2D eigenvalue weighted by Gasteiger charge is -2.04. The van der Waals surface area contributed by atoms with Gasteiger partial charge in [0, 0.05) is 30.0 Å². The molecule has 1 heterocycles. The van der Waals surface area contributed by atoms with E-state index < -0.39 is 4.92 Å². The number of aliphatic imine (C=N–C) groups is 1. The molecule has 0 saturated carbocycles. The van der Waals surface area contributed by atoms with Crippen molar-refractivity contribution in [2.45, 2.75) is 20.8 Å². The van der Waals surface area contributed by atoms with Gasteiger partial charge in [-0.3, -0.25) is 25.0 Å². The minimum atomic E-state index is -0.467. The number of nitrogens with one attached hydrogen (secondary N) is 1. The zero-order valence-electron chi connectivity index (χ0n) is 16.0. The van der Waals surface area contributed by atoms with Crippen molar-refractivity contribution >= 4 is 11.4 Å². The Morgan fingerprint density at radius 1 is 1.14 bits per heavy atom. The summed E-state index contributed by atoms with van der Waals surface area (Å²) in [5, 5.41) is 14.0. The van der Waals surface area contributed by atoms with E-state index in [1.165, 1.54) is 16.8 Å². The minimum absolute atomic E-state index is 0.0264. The molecule has 0 aliphatic heterocycles. The first-order valence-electron chi connectivity index (χ1n) is 9.05. The highest BCUT2D eigenvalue weighted by atomic mass is 16.6. The number of rotatable bonds is 6. The van der Waals surface area contributed by atoms with Crippen LogP contribution in [0.15, 0.2) is 64.4 Å². The summed E-state index contributed by atoms with van der Waals surface area (Å²) in [4.78, 5) is 28.2. The molecule has 0 fully saturated rings. The third kappa shape index (κ3) is 3.93. The Morgan fingerprint density at radius 2 is 1.79 bits per heavy atom. The highest BCUT2D eigenvalue weighted by Gasteiger charge is 2.19. The summed E-state index contributed by atoms with van der Waals surface area (Å²) in [5.41, 5.74) is 2.97. The normalized spacial score (nSPS) is 11.8. The standard InChI is InChI=1S/C21H22N4O3/c1-14(2)13-22-15(3)19-20(16-7-5-4-6-8-16)23-24(21(19)26)17-9-11-18(12-10-17)25(27)28/h4-12,14,23H,13H2,1-3H3. The smallest absolute Gasteiger partial charge is 0.280 e. The summed E-state index contributed by atoms with van der Waals surface area (Å²) in [6.07, 6.45) is 0. The van der Waals surface area contributed by atoms with Gasteiger partial charge in [-0.1, -0.05) is 44.2 Å². The van der Waals surface area contributed by atoms with Crippen molar-refractivity contribution in [3.05, 3.63) is 80.6 Å². The largest absolute Gasteiger partial charge is 0.290 e. The van der Waals surface area contributed by atoms with Crippen LogP contribution in [0.5, 0.6) is 0 Å². The Kier molecular flexibility index (Phi) is 5.54. The zero-order valence-corrected chi connectivity index (χ0v) is 16.0. The summed E-state index contributed by atoms with van der Waals surface area (Å²) >= 11 is 0. The van der Waals surface area contributed by atoms with E-state index in [1.54, 1.807) is 12.1 Å². The topological polar surface area (TPSA) is 93.3 Å². The molecule has 7 nitrogen and oxygen atoms in total. The summed E-state index contributed by atoms with van der Waals surface area (Å²) in [5.74, 6) is 0.381. The lowest BCUT2D eigenvalue weighted by Crippen LogP contribution is -2.20. The van der Waals surface area contributed by atoms with Crippen LogP contribution in [0.3, 0.4) is 0 Å². The lowest BCUT2D eigenvalue weighted by atomic mass is 10.1. The van der Waals surface area contributed by atoms with Crippen LogP contribution < -0.4 is 5.56 Å². The Hall–Kier alpha value is -3.48. The molecule has 144 valence electrons. The van der Waals surface area contributed by atoms with E-state index in [2.05, 4.69) is 23.9 Å². The van der Waals surface area contributed by atoms with Gasteiger partial charge >= 0.3 is 0 Å². The van der Waals surface area contributed by atoms with E-state index in [9.17, 15) is 14.9 Å². The van der Waals surface area contributed by atoms with E-state index in [1.807, 2.05) is 37.3 Å². The monoisotopic (exact) mass is 378 g/mol. The van der Waals surface area contributed by atoms with Crippen LogP contribution in [0, 0.1) is 16.0 Å². The van der Waals surface area contributed by atoms with E-state index in [0.717, 1.165) is 5.56 Å². The number of nitrogens with zero attached hydrogens (tertiary/aromatic N) is 3. The Bertz CT molecular complexity index is 1060. The molecule has 1 N–H and O–H groups in total. The maximum Gasteiger partial charge on any atom is 0.280 e. The first kappa shape index (κ1) is 19.3. The second-order valence-electron chi connectivity index (χ2n) is 6.96. The predicted octanol–water partition coefficient (Wildman–Crippen LogP) is 4.21. The fraction of sp³-hybridized carbons (Fsp3) is 0.238. The van der Waals surface area contributed by atoms with Gasteiger partial charge < -0.3 is 0 Å². The molecule has 7 heteroatoms. The number of hydrogen-bond donors (Lipinski definition) is 1. The molecule has 0 amide bonds. The van der Waals surface area contributed by atoms with Crippen LogP contribution in [0.25, 0.3) is 16.9 Å². The molecule has 0 aliphatic rings. The number of nitro benzene ring substituents is 1. The Labute approximate surface area is 162 Å². The SMILES string of the molecule is CC(=NCC(C)C)c1c(-c2ccccc2)[nH]n(-c2ccc([N+](=O)[O-])cc2)c1=O. The van der Waals surface area contributed by atoms with E-state index in [0.29, 0.717) is 35.1 Å². The van der Waals surface area contributed by atoms with Crippen molar-refractivity contribution < 1.29 is 4.92 Å². The molecule has 1 aromatic heterocycles. The number of hydrogen-bond acceptors (Lipinski definition) is 4. The van der Waals surface area contributed by atoms with Crippen molar-refractivity contribution in [1.29, 1.82) is 0 Å². The van der Waals surface area contributed by atoms with Crippen LogP contribution in [0.2, 0.25) is 0 Å². The van der Waals surface area contributed by atoms with Crippen LogP contribution in [-0.4, -0.2) is 27.0 Å². The second kappa shape index (κ2) is 8.04. The number of aromatic amines is 1. The molecule has 3 rings (SSSR count). The third-order valence-electron chi connectivity index (χ3n) is 4.33. The van der Waals surface area contributed by atoms with Gasteiger partial charge in [0.05, 0.1) is 21.9 Å². The summed E-state index contributed by atoms with van der Waals surface area (Å²) in [6, 6.07) is 15.4. The summed E-state index contributed by atoms with van der Waals surface area (Å²) in [7, 11) is 0. The van der Waals surface area contributed by atoms with Crippen molar-refractivity contribution in [2.75, 3.05) is 6.54 Å². The maximum atomic E-state index is 13.2. The van der Waals surface area contributed by atoms with Crippen molar-refractivity contribution in [2.24, 2.45) is 10.9 Å². The summed E-state index contributed by atoms with van der Waals surface area (Å²) in [6.45, 7) is 6.60. The van der Waals surface area contributed by atoms with Crippen LogP contribution in [0.1, 0.15) is 26.3 Å². The van der Waals surface area contributed by atoms with Gasteiger partial charge in [-0.25, -0.2) is 4.68 Å². The molecule has 0 spiro atoms. The van der Waals surface area contributed by atoms with Gasteiger partial charge in [0.2, 0.25) is 0 Å². The van der Waals surface area contributed by atoms with Crippen molar-refractivity contribution in [1.82, 2.24) is 9.78 Å². The van der Waals surface area contributed by atoms with Gasteiger partial charge in [-0.15, -0.1) is 0 Å². The fourth-order valence-electron chi connectivity index (χ4n) is 2.89. The molecule has 0 atom stereocenters. The lowest BCUT2D eigenvalue weighted by molar-refractivity contribution is -0.384. The quantitative estimate of drug-likeness (QED) is 0.396. The molecular formula is C21H22N4O3. The molecule has 0 bridgehead atoms. The van der Waals surface area contributed by atoms with E-state index in [4.69, 9.17) is 0 Å². The van der Waals surface area contributed by atoms with Gasteiger partial charge in [-0.2, -0.15) is 0 Å². The highest BCUT2D eigenvalue weighted by Crippen LogP contribution is 2.22. The second-order valence-corrected chi connectivity index (χ2v) is 6.96. The van der Waals surface area contributed by atoms with Gasteiger partial charge in [0.15, 0.2) is 0 Å². The average Bonchev–Trinajstić information content (AvgIpc) is 3.04. The average molecular weight is 378 g/mol. The van der Waals surface area contributed by atoms with Crippen molar-refractivity contribution in [3.63, 3.8) is 0 Å². The predicted molar refractivity (Wildman–Crippen MR) is 110 cm³/mol. The first-order valence-corrected chi connectivity index (χ1v) is 9.05. The van der Waals surface area contributed by atoms with E-state index in [-0.39, 0.29) is 11.2 Å². The number of H-pyrrole nitrogens is 1. The molecule has 0 saturated heterocycles. The van der Waals surface area contributed by atoms with Crippen LogP contribution in [-0.2, 0) is 0 Å². The minimum Gasteiger partial charge on any atom is -0.290 e. The van der Waals surface area contributed by atoms with E-state index >= 15 is 0 Å². The number of non-ortho nitro benzene ring substituents is 1. The molecular weight excluding hydrogens is 356 g/mol. The molecule has 0 radical (unpaired) electrons. The molecule has 2 aromatic carbocycles. The highest BCUT2D eigenvalue weighted by molar-refractivity contribution is 6.03. The van der Waals surface area contributed by atoms with Crippen LogP contribution >= 0.6 is 0 Å². The maximum absolute atomic E-state index is 13.2.